The van der Waals surface area contributed by atoms with Crippen LogP contribution in [-0.4, -0.2) is 15.9 Å². The molecule has 0 spiro atoms. The van der Waals surface area contributed by atoms with Crippen LogP contribution in [-0.2, 0) is 4.79 Å². The van der Waals surface area contributed by atoms with Gasteiger partial charge in [0.05, 0.1) is 16.7 Å². The molecule has 1 saturated carbocycles. The number of phenols is 1. The van der Waals surface area contributed by atoms with Gasteiger partial charge in [-0.25, -0.2) is 0 Å². The third-order valence-electron chi connectivity index (χ3n) is 3.92. The Kier molecular flexibility index (Phi) is 5.14. The first kappa shape index (κ1) is 15.3. The SMILES string of the molecule is O=C(CC1CCCCCC1)Nc1ccc([N+](=O)[O-])cc1O. The van der Waals surface area contributed by atoms with Crippen molar-refractivity contribution in [1.29, 1.82) is 0 Å². The van der Waals surface area contributed by atoms with Crippen molar-refractivity contribution in [2.24, 2.45) is 5.92 Å². The van der Waals surface area contributed by atoms with Gasteiger partial charge in [-0.1, -0.05) is 25.7 Å². The summed E-state index contributed by atoms with van der Waals surface area (Å²) in [6.45, 7) is 0. The number of nitro benzene ring substituents is 1. The highest BCUT2D eigenvalue weighted by molar-refractivity contribution is 5.92. The van der Waals surface area contributed by atoms with Crippen LogP contribution in [0.2, 0.25) is 0 Å². The topological polar surface area (TPSA) is 92.5 Å². The molecule has 0 heterocycles. The summed E-state index contributed by atoms with van der Waals surface area (Å²) in [5, 5.41) is 22.9. The number of rotatable bonds is 4. The fraction of sp³-hybridized carbons (Fsp3) is 0.533. The zero-order chi connectivity index (χ0) is 15.2. The Morgan fingerprint density at radius 1 is 1.29 bits per heavy atom. The van der Waals surface area contributed by atoms with Crippen molar-refractivity contribution in [2.45, 2.75) is 44.9 Å². The Morgan fingerprint density at radius 3 is 2.52 bits per heavy atom. The Labute approximate surface area is 123 Å². The van der Waals surface area contributed by atoms with Gasteiger partial charge in [0.2, 0.25) is 5.91 Å². The molecule has 0 radical (unpaired) electrons. The fourth-order valence-corrected chi connectivity index (χ4v) is 2.77. The monoisotopic (exact) mass is 292 g/mol. The summed E-state index contributed by atoms with van der Waals surface area (Å²) in [6, 6.07) is 3.67. The Morgan fingerprint density at radius 2 is 1.95 bits per heavy atom. The molecule has 21 heavy (non-hydrogen) atoms. The molecule has 0 atom stereocenters. The zero-order valence-electron chi connectivity index (χ0n) is 11.9. The molecule has 1 fully saturated rings. The second kappa shape index (κ2) is 7.06. The Balaban J connectivity index is 1.94. The van der Waals surface area contributed by atoms with Crippen LogP contribution in [0.4, 0.5) is 11.4 Å². The van der Waals surface area contributed by atoms with E-state index in [9.17, 15) is 20.0 Å². The minimum Gasteiger partial charge on any atom is -0.506 e. The van der Waals surface area contributed by atoms with Crippen LogP contribution in [0.25, 0.3) is 0 Å². The summed E-state index contributed by atoms with van der Waals surface area (Å²) in [7, 11) is 0. The van der Waals surface area contributed by atoms with Gasteiger partial charge in [-0.2, -0.15) is 0 Å². The summed E-state index contributed by atoms with van der Waals surface area (Å²) >= 11 is 0. The number of nitrogens with zero attached hydrogens (tertiary/aromatic N) is 1. The van der Waals surface area contributed by atoms with E-state index >= 15 is 0 Å². The summed E-state index contributed by atoms with van der Waals surface area (Å²) in [5.41, 5.74) is 0.0217. The minimum atomic E-state index is -0.586. The number of phenolic OH excluding ortho intramolecular Hbond substituents is 1. The van der Waals surface area contributed by atoms with Gasteiger partial charge in [0, 0.05) is 12.5 Å². The zero-order valence-corrected chi connectivity index (χ0v) is 11.9. The van der Waals surface area contributed by atoms with Crippen LogP contribution in [0.3, 0.4) is 0 Å². The fourth-order valence-electron chi connectivity index (χ4n) is 2.77. The maximum atomic E-state index is 12.0. The van der Waals surface area contributed by atoms with Gasteiger partial charge >= 0.3 is 0 Å². The maximum Gasteiger partial charge on any atom is 0.273 e. The number of benzene rings is 1. The van der Waals surface area contributed by atoms with Crippen LogP contribution in [0.1, 0.15) is 44.9 Å². The molecular formula is C15H20N2O4. The highest BCUT2D eigenvalue weighted by Crippen LogP contribution is 2.29. The molecule has 1 aliphatic rings. The summed E-state index contributed by atoms with van der Waals surface area (Å²) in [5.74, 6) is -0.0304. The van der Waals surface area contributed by atoms with Crippen molar-refractivity contribution in [3.8, 4) is 5.75 Å². The van der Waals surface area contributed by atoms with E-state index in [1.54, 1.807) is 0 Å². The van der Waals surface area contributed by atoms with Crippen molar-refractivity contribution in [3.63, 3.8) is 0 Å². The molecule has 0 aliphatic heterocycles. The molecule has 1 amide bonds. The quantitative estimate of drug-likeness (QED) is 0.384. The standard InChI is InChI=1S/C15H20N2O4/c18-14-10-12(17(20)21)7-8-13(14)16-15(19)9-11-5-3-1-2-4-6-11/h7-8,10-11,18H,1-6,9H2,(H,16,19). The van der Waals surface area contributed by atoms with E-state index in [4.69, 9.17) is 0 Å². The number of hydrogen-bond donors (Lipinski definition) is 2. The van der Waals surface area contributed by atoms with Gasteiger partial charge < -0.3 is 10.4 Å². The number of aromatic hydroxyl groups is 1. The second-order valence-corrected chi connectivity index (χ2v) is 5.57. The van der Waals surface area contributed by atoms with Crippen LogP contribution in [0.15, 0.2) is 18.2 Å². The lowest BCUT2D eigenvalue weighted by Crippen LogP contribution is -2.16. The number of carbonyl (C=O) groups excluding carboxylic acids is 1. The highest BCUT2D eigenvalue weighted by Gasteiger charge is 2.17. The molecule has 2 rings (SSSR count). The maximum absolute atomic E-state index is 12.0. The molecular weight excluding hydrogens is 272 g/mol. The Hall–Kier alpha value is -2.11. The molecule has 1 aromatic rings. The van der Waals surface area contributed by atoms with Crippen LogP contribution < -0.4 is 5.32 Å². The first-order chi connectivity index (χ1) is 10.1. The van der Waals surface area contributed by atoms with Gasteiger partial charge in [-0.05, 0) is 24.8 Å². The van der Waals surface area contributed by atoms with Crippen LogP contribution >= 0.6 is 0 Å². The molecule has 0 aromatic heterocycles. The van der Waals surface area contributed by atoms with Crippen molar-refractivity contribution in [1.82, 2.24) is 0 Å². The average molecular weight is 292 g/mol. The molecule has 6 heteroatoms. The number of anilines is 1. The number of carbonyl (C=O) groups is 1. The van der Waals surface area contributed by atoms with E-state index in [1.165, 1.54) is 37.8 Å². The number of amides is 1. The van der Waals surface area contributed by atoms with Gasteiger partial charge in [0.15, 0.2) is 0 Å². The van der Waals surface area contributed by atoms with E-state index < -0.39 is 4.92 Å². The van der Waals surface area contributed by atoms with Gasteiger partial charge in [-0.3, -0.25) is 14.9 Å². The predicted octanol–water partition coefficient (Wildman–Crippen LogP) is 3.60. The minimum absolute atomic E-state index is 0.147. The van der Waals surface area contributed by atoms with Gasteiger partial charge in [0.1, 0.15) is 5.75 Å². The molecule has 0 saturated heterocycles. The normalized spacial score (nSPS) is 16.2. The summed E-state index contributed by atoms with van der Waals surface area (Å²) in [6.07, 6.45) is 7.39. The molecule has 114 valence electrons. The van der Waals surface area contributed by atoms with Gasteiger partial charge in [-0.15, -0.1) is 0 Å². The lowest BCUT2D eigenvalue weighted by Gasteiger charge is -2.14. The first-order valence-corrected chi connectivity index (χ1v) is 7.33. The van der Waals surface area contributed by atoms with Gasteiger partial charge in [0.25, 0.3) is 5.69 Å². The van der Waals surface area contributed by atoms with Crippen molar-refractivity contribution in [2.75, 3.05) is 5.32 Å². The number of nitrogens with one attached hydrogen (secondary N) is 1. The van der Waals surface area contributed by atoms with Crippen molar-refractivity contribution in [3.05, 3.63) is 28.3 Å². The molecule has 0 unspecified atom stereocenters. The smallest absolute Gasteiger partial charge is 0.273 e. The van der Waals surface area contributed by atoms with E-state index in [-0.39, 0.29) is 23.0 Å². The molecule has 1 aromatic carbocycles. The van der Waals surface area contributed by atoms with Crippen LogP contribution in [0, 0.1) is 16.0 Å². The van der Waals surface area contributed by atoms with E-state index in [0.717, 1.165) is 18.9 Å². The molecule has 0 bridgehead atoms. The van der Waals surface area contributed by atoms with Crippen LogP contribution in [0.5, 0.6) is 5.75 Å². The molecule has 1 aliphatic carbocycles. The lowest BCUT2D eigenvalue weighted by molar-refractivity contribution is -0.384. The van der Waals surface area contributed by atoms with E-state index in [2.05, 4.69) is 5.32 Å². The highest BCUT2D eigenvalue weighted by atomic mass is 16.6. The number of nitro groups is 1. The predicted molar refractivity (Wildman–Crippen MR) is 79.2 cm³/mol. The Bertz CT molecular complexity index is 522. The summed E-state index contributed by atoms with van der Waals surface area (Å²) in [4.78, 5) is 22.0. The molecule has 6 nitrogen and oxygen atoms in total. The van der Waals surface area contributed by atoms with Crippen molar-refractivity contribution < 1.29 is 14.8 Å². The number of non-ortho nitro benzene ring substituents is 1. The average Bonchev–Trinajstić information content (AvgIpc) is 2.69. The summed E-state index contributed by atoms with van der Waals surface area (Å²) < 4.78 is 0. The van der Waals surface area contributed by atoms with E-state index in [0.29, 0.717) is 12.3 Å². The second-order valence-electron chi connectivity index (χ2n) is 5.57. The number of hydrogen-bond acceptors (Lipinski definition) is 4. The third-order valence-corrected chi connectivity index (χ3v) is 3.92. The van der Waals surface area contributed by atoms with E-state index in [1.807, 2.05) is 0 Å². The lowest BCUT2D eigenvalue weighted by atomic mass is 9.96. The molecule has 2 N–H and O–H groups in total. The van der Waals surface area contributed by atoms with Crippen molar-refractivity contribution >= 4 is 17.3 Å². The first-order valence-electron chi connectivity index (χ1n) is 7.33. The largest absolute Gasteiger partial charge is 0.506 e. The third kappa shape index (κ3) is 4.44.